The summed E-state index contributed by atoms with van der Waals surface area (Å²) in [6, 6.07) is 13.8. The van der Waals surface area contributed by atoms with Crippen molar-refractivity contribution in [1.29, 1.82) is 0 Å². The molecule has 4 amide bonds. The monoisotopic (exact) mass is 743 g/mol. The quantitative estimate of drug-likeness (QED) is 0.137. The number of aromatic nitrogens is 1. The lowest BCUT2D eigenvalue weighted by molar-refractivity contribution is -0.131. The lowest BCUT2D eigenvalue weighted by Crippen LogP contribution is -2.44. The second-order valence-electron chi connectivity index (χ2n) is 15.3. The highest BCUT2D eigenvalue weighted by Gasteiger charge is 2.35. The number of pyridine rings is 1. The molecule has 2 aliphatic rings. The van der Waals surface area contributed by atoms with Gasteiger partial charge in [0, 0.05) is 54.1 Å². The maximum Gasteiger partial charge on any atom is 0.425 e. The SMILES string of the molecule is Cc1cc2ccc1C(C)COC(=O)Nc1cc(F)c(O)c(c1)CN(C)C(=O)C2Nc1ccc2c(N(C(=O)OC(C)(C)C)C(=O)OC(C)(C)C)nccc2c1. The van der Waals surface area contributed by atoms with Gasteiger partial charge < -0.3 is 29.5 Å². The third-order valence-corrected chi connectivity index (χ3v) is 8.46. The van der Waals surface area contributed by atoms with Gasteiger partial charge >= 0.3 is 18.3 Å². The number of phenols is 1. The Bertz CT molecular complexity index is 2080. The van der Waals surface area contributed by atoms with Crippen LogP contribution >= 0.6 is 0 Å². The Balaban J connectivity index is 1.56. The minimum Gasteiger partial charge on any atom is -0.505 e. The number of rotatable bonds is 3. The minimum absolute atomic E-state index is 0.00200. The first kappa shape index (κ1) is 39.3. The first-order valence-electron chi connectivity index (χ1n) is 17.4. The number of aromatic hydroxyl groups is 1. The molecule has 6 rings (SSSR count). The van der Waals surface area contributed by atoms with Gasteiger partial charge in [-0.05, 0) is 101 Å². The van der Waals surface area contributed by atoms with Gasteiger partial charge in [0.1, 0.15) is 17.2 Å². The van der Waals surface area contributed by atoms with Crippen LogP contribution < -0.4 is 15.5 Å². The summed E-state index contributed by atoms with van der Waals surface area (Å²) in [7, 11) is 1.52. The van der Waals surface area contributed by atoms with Crippen LogP contribution in [0, 0.1) is 12.7 Å². The lowest BCUT2D eigenvalue weighted by atomic mass is 9.93. The van der Waals surface area contributed by atoms with Crippen molar-refractivity contribution in [2.45, 2.75) is 85.1 Å². The van der Waals surface area contributed by atoms with Crippen molar-refractivity contribution in [3.63, 3.8) is 0 Å². The van der Waals surface area contributed by atoms with Crippen molar-refractivity contribution in [3.8, 4) is 5.75 Å². The number of aryl methyl sites for hydroxylation is 1. The van der Waals surface area contributed by atoms with Gasteiger partial charge in [-0.2, -0.15) is 4.90 Å². The summed E-state index contributed by atoms with van der Waals surface area (Å²) in [6.45, 7) is 13.7. The van der Waals surface area contributed by atoms with Crippen molar-refractivity contribution >= 4 is 52.2 Å². The molecule has 2 unspecified atom stereocenters. The van der Waals surface area contributed by atoms with Crippen molar-refractivity contribution in [1.82, 2.24) is 9.88 Å². The van der Waals surface area contributed by atoms with Crippen LogP contribution in [0.2, 0.25) is 0 Å². The highest BCUT2D eigenvalue weighted by Crippen LogP contribution is 2.34. The number of fused-ring (bicyclic) bond motifs is 10. The van der Waals surface area contributed by atoms with E-state index in [0.717, 1.165) is 22.1 Å². The van der Waals surface area contributed by atoms with Crippen molar-refractivity contribution in [2.24, 2.45) is 0 Å². The molecule has 0 aliphatic carbocycles. The molecule has 3 heterocycles. The van der Waals surface area contributed by atoms with Crippen molar-refractivity contribution < 1.29 is 42.9 Å². The smallest absolute Gasteiger partial charge is 0.425 e. The Morgan fingerprint density at radius 3 is 2.30 bits per heavy atom. The second kappa shape index (κ2) is 15.2. The highest BCUT2D eigenvalue weighted by atomic mass is 19.1. The van der Waals surface area contributed by atoms with Gasteiger partial charge in [0.15, 0.2) is 17.4 Å². The van der Waals surface area contributed by atoms with E-state index in [1.807, 2.05) is 32.0 Å². The predicted molar refractivity (Wildman–Crippen MR) is 202 cm³/mol. The number of likely N-dealkylation sites (N-methyl/N-ethyl adjacent to an activating group) is 1. The number of halogens is 1. The van der Waals surface area contributed by atoms with Crippen molar-refractivity contribution in [2.75, 3.05) is 29.2 Å². The van der Waals surface area contributed by atoms with E-state index in [4.69, 9.17) is 14.2 Å². The Labute approximate surface area is 313 Å². The fourth-order valence-electron chi connectivity index (χ4n) is 6.03. The van der Waals surface area contributed by atoms with E-state index in [1.54, 1.807) is 65.8 Å². The third kappa shape index (κ3) is 9.17. The number of benzene rings is 3. The molecule has 2 aliphatic heterocycles. The molecular formula is C40H46FN5O8. The fourth-order valence-corrected chi connectivity index (χ4v) is 6.03. The van der Waals surface area contributed by atoms with Crippen LogP contribution in [0.5, 0.6) is 5.75 Å². The third-order valence-electron chi connectivity index (χ3n) is 8.46. The molecule has 286 valence electrons. The molecule has 3 aromatic carbocycles. The predicted octanol–water partition coefficient (Wildman–Crippen LogP) is 8.54. The summed E-state index contributed by atoms with van der Waals surface area (Å²) in [5, 5.41) is 17.4. The number of hydrogen-bond acceptors (Lipinski definition) is 10. The number of nitrogens with one attached hydrogen (secondary N) is 2. The van der Waals surface area contributed by atoms with E-state index in [2.05, 4.69) is 15.6 Å². The molecule has 1 aromatic heterocycles. The minimum atomic E-state index is -0.972. The van der Waals surface area contributed by atoms with Crippen LogP contribution in [0.3, 0.4) is 0 Å². The Kier molecular flexibility index (Phi) is 11.1. The lowest BCUT2D eigenvalue weighted by Gasteiger charge is -2.29. The number of amides is 4. The van der Waals surface area contributed by atoms with Gasteiger partial charge in [-0.25, -0.2) is 23.8 Å². The zero-order valence-corrected chi connectivity index (χ0v) is 31.9. The number of imide groups is 1. The summed E-state index contributed by atoms with van der Waals surface area (Å²) in [5.74, 6) is -2.24. The summed E-state index contributed by atoms with van der Waals surface area (Å²) >= 11 is 0. The largest absolute Gasteiger partial charge is 0.505 e. The average Bonchev–Trinajstić information content (AvgIpc) is 3.06. The number of carbonyl (C=O) groups is 4. The molecule has 0 saturated carbocycles. The molecule has 0 spiro atoms. The number of phenolic OH excluding ortho intramolecular Hbond substituents is 1. The molecule has 3 N–H and O–H groups in total. The van der Waals surface area contributed by atoms with E-state index >= 15 is 0 Å². The molecule has 0 radical (unpaired) electrons. The molecule has 2 atom stereocenters. The van der Waals surface area contributed by atoms with Crippen LogP contribution in [-0.2, 0) is 25.5 Å². The van der Waals surface area contributed by atoms with E-state index in [9.17, 15) is 28.7 Å². The molecule has 14 heteroatoms. The maximum atomic E-state index is 14.8. The number of nitrogens with zero attached hydrogens (tertiary/aromatic N) is 3. The highest BCUT2D eigenvalue weighted by molar-refractivity contribution is 6.14. The number of anilines is 3. The normalized spacial score (nSPS) is 16.7. The zero-order valence-electron chi connectivity index (χ0n) is 31.9. The van der Waals surface area contributed by atoms with Crippen LogP contribution in [0.25, 0.3) is 10.8 Å². The topological polar surface area (TPSA) is 160 Å². The number of hydrogen-bond donors (Lipinski definition) is 3. The Hall–Kier alpha value is -5.92. The van der Waals surface area contributed by atoms with Crippen LogP contribution in [-0.4, -0.2) is 64.0 Å². The molecule has 13 nitrogen and oxygen atoms in total. The molecule has 4 aromatic rings. The first-order chi connectivity index (χ1) is 25.2. The van der Waals surface area contributed by atoms with E-state index < -0.39 is 53.0 Å². The van der Waals surface area contributed by atoms with Gasteiger partial charge in [-0.15, -0.1) is 0 Å². The summed E-state index contributed by atoms with van der Waals surface area (Å²) < 4.78 is 31.3. The molecule has 4 bridgehead atoms. The summed E-state index contributed by atoms with van der Waals surface area (Å²) in [5.41, 5.74) is 1.19. The van der Waals surface area contributed by atoms with Gasteiger partial charge in [0.2, 0.25) is 5.91 Å². The van der Waals surface area contributed by atoms with Gasteiger partial charge in [0.25, 0.3) is 0 Å². The zero-order chi connectivity index (χ0) is 39.7. The molecule has 54 heavy (non-hydrogen) atoms. The van der Waals surface area contributed by atoms with Gasteiger partial charge in [-0.1, -0.05) is 25.1 Å². The van der Waals surface area contributed by atoms with Crippen molar-refractivity contribution in [3.05, 3.63) is 88.9 Å². The molecular weight excluding hydrogens is 697 g/mol. The molecule has 0 fully saturated rings. The van der Waals surface area contributed by atoms with Crippen LogP contribution in [0.1, 0.15) is 82.7 Å². The molecule has 0 saturated heterocycles. The Morgan fingerprint density at radius 1 is 1.00 bits per heavy atom. The standard InChI is InChI=1S/C40H46FN5O8/c1-22-16-25-10-12-29(22)23(2)21-52-36(49)44-28-18-26(33(47)31(41)19-28)20-45(9)35(48)32(25)43-27-11-13-30-24(17-27)14-15-42-34(30)46(37(50)53-39(3,4)5)38(51)54-40(6,7)8/h10-19,23,32,43,47H,20-21H2,1-9H3,(H,44,49). The van der Waals surface area contributed by atoms with Gasteiger partial charge in [-0.3, -0.25) is 10.1 Å². The second-order valence-corrected chi connectivity index (χ2v) is 15.3. The average molecular weight is 744 g/mol. The maximum absolute atomic E-state index is 14.8. The number of carbonyl (C=O) groups excluding carboxylic acids is 4. The van der Waals surface area contributed by atoms with Crippen LogP contribution in [0.4, 0.5) is 36.0 Å². The van der Waals surface area contributed by atoms with E-state index in [0.29, 0.717) is 22.0 Å². The fraction of sp³-hybridized carbons (Fsp3) is 0.375. The Morgan fingerprint density at radius 2 is 1.67 bits per heavy atom. The van der Waals surface area contributed by atoms with Gasteiger partial charge in [0.05, 0.1) is 6.61 Å². The van der Waals surface area contributed by atoms with E-state index in [1.165, 1.54) is 24.2 Å². The van der Waals surface area contributed by atoms with E-state index in [-0.39, 0.29) is 36.1 Å². The van der Waals surface area contributed by atoms with Crippen LogP contribution in [0.15, 0.2) is 60.8 Å². The summed E-state index contributed by atoms with van der Waals surface area (Å²) in [6.07, 6.45) is -1.26. The summed E-state index contributed by atoms with van der Waals surface area (Å²) in [4.78, 5) is 60.2. The number of ether oxygens (including phenoxy) is 3. The first-order valence-corrected chi connectivity index (χ1v) is 17.4.